The molecule has 3 rings (SSSR count). The fraction of sp³-hybridized carbons (Fsp3) is 0.364. The van der Waals surface area contributed by atoms with Crippen molar-refractivity contribution in [2.24, 2.45) is 5.92 Å². The number of nitrogens with one attached hydrogen (secondary N) is 2. The molecule has 2 amide bonds. The van der Waals surface area contributed by atoms with Crippen molar-refractivity contribution in [1.29, 1.82) is 0 Å². The second-order valence-corrected chi connectivity index (χ2v) is 7.79. The van der Waals surface area contributed by atoms with E-state index in [0.29, 0.717) is 41.0 Å². The molecule has 7 heteroatoms. The third-order valence-corrected chi connectivity index (χ3v) is 4.92. The van der Waals surface area contributed by atoms with Gasteiger partial charge in [0.2, 0.25) is 5.91 Å². The van der Waals surface area contributed by atoms with E-state index in [2.05, 4.69) is 10.6 Å². The normalized spacial score (nSPS) is 14.1. The maximum Gasteiger partial charge on any atom is 0.251 e. The van der Waals surface area contributed by atoms with Gasteiger partial charge in [-0.2, -0.15) is 0 Å². The van der Waals surface area contributed by atoms with Crippen LogP contribution < -0.4 is 20.1 Å². The van der Waals surface area contributed by atoms with E-state index in [-0.39, 0.29) is 17.7 Å². The number of amides is 2. The van der Waals surface area contributed by atoms with Crippen LogP contribution in [0.1, 0.15) is 36.2 Å². The van der Waals surface area contributed by atoms with Crippen LogP contribution in [0.25, 0.3) is 0 Å². The standard InChI is InChI=1S/C22H25ClN2O4/c1-13(2)20(25-21(26)15-7-4-6-14(3)10-15)22(27)24-17-12-19-18(11-16(17)23)28-8-5-9-29-19/h4,6-7,10-13,20H,5,8-9H2,1-3H3,(H,24,27)(H,25,26). The van der Waals surface area contributed by atoms with E-state index in [0.717, 1.165) is 12.0 Å². The Kier molecular flexibility index (Phi) is 6.64. The summed E-state index contributed by atoms with van der Waals surface area (Å²) in [4.78, 5) is 25.5. The predicted octanol–water partition coefficient (Wildman–Crippen LogP) is 4.20. The van der Waals surface area contributed by atoms with Gasteiger partial charge in [0.1, 0.15) is 6.04 Å². The van der Waals surface area contributed by atoms with Crippen molar-refractivity contribution in [3.05, 3.63) is 52.5 Å². The van der Waals surface area contributed by atoms with Crippen LogP contribution in [0.4, 0.5) is 5.69 Å². The van der Waals surface area contributed by atoms with E-state index in [1.54, 1.807) is 24.3 Å². The summed E-state index contributed by atoms with van der Waals surface area (Å²) >= 11 is 6.32. The smallest absolute Gasteiger partial charge is 0.251 e. The van der Waals surface area contributed by atoms with Gasteiger partial charge in [0.25, 0.3) is 5.91 Å². The molecule has 0 fully saturated rings. The lowest BCUT2D eigenvalue weighted by atomic mass is 10.0. The molecule has 1 atom stereocenters. The molecule has 1 heterocycles. The Morgan fingerprint density at radius 3 is 2.41 bits per heavy atom. The average Bonchev–Trinajstić information content (AvgIpc) is 2.90. The monoisotopic (exact) mass is 416 g/mol. The molecule has 0 saturated heterocycles. The van der Waals surface area contributed by atoms with E-state index in [4.69, 9.17) is 21.1 Å². The first-order valence-corrected chi connectivity index (χ1v) is 10.0. The summed E-state index contributed by atoms with van der Waals surface area (Å²) in [6, 6.07) is 9.79. The Morgan fingerprint density at radius 2 is 1.76 bits per heavy atom. The molecule has 1 aliphatic rings. The van der Waals surface area contributed by atoms with Gasteiger partial charge in [-0.3, -0.25) is 9.59 Å². The molecule has 154 valence electrons. The lowest BCUT2D eigenvalue weighted by molar-refractivity contribution is -0.118. The van der Waals surface area contributed by atoms with Crippen LogP contribution in [0.5, 0.6) is 11.5 Å². The van der Waals surface area contributed by atoms with Crippen molar-refractivity contribution >= 4 is 29.1 Å². The van der Waals surface area contributed by atoms with Crippen molar-refractivity contribution in [1.82, 2.24) is 5.32 Å². The van der Waals surface area contributed by atoms with E-state index in [1.165, 1.54) is 0 Å². The van der Waals surface area contributed by atoms with Gasteiger partial charge in [0.05, 0.1) is 23.9 Å². The molecule has 29 heavy (non-hydrogen) atoms. The number of hydrogen-bond acceptors (Lipinski definition) is 4. The lowest BCUT2D eigenvalue weighted by Crippen LogP contribution is -2.47. The first-order valence-electron chi connectivity index (χ1n) is 9.62. The maximum atomic E-state index is 12.9. The number of aryl methyl sites for hydroxylation is 1. The molecule has 0 spiro atoms. The minimum absolute atomic E-state index is 0.122. The molecular formula is C22H25ClN2O4. The number of carbonyl (C=O) groups is 2. The largest absolute Gasteiger partial charge is 0.490 e. The number of carbonyl (C=O) groups excluding carboxylic acids is 2. The first kappa shape index (κ1) is 21.0. The van der Waals surface area contributed by atoms with Crippen molar-refractivity contribution in [3.8, 4) is 11.5 Å². The number of anilines is 1. The summed E-state index contributed by atoms with van der Waals surface area (Å²) in [6.45, 7) is 6.74. The fourth-order valence-electron chi connectivity index (χ4n) is 3.04. The van der Waals surface area contributed by atoms with Gasteiger partial charge >= 0.3 is 0 Å². The third-order valence-electron chi connectivity index (χ3n) is 4.61. The van der Waals surface area contributed by atoms with Gasteiger partial charge < -0.3 is 20.1 Å². The molecule has 0 bridgehead atoms. The van der Waals surface area contributed by atoms with Crippen LogP contribution in [0.2, 0.25) is 5.02 Å². The minimum atomic E-state index is -0.727. The molecule has 1 aliphatic heterocycles. The summed E-state index contributed by atoms with van der Waals surface area (Å²) < 4.78 is 11.3. The van der Waals surface area contributed by atoms with Crippen molar-refractivity contribution in [2.45, 2.75) is 33.2 Å². The summed E-state index contributed by atoms with van der Waals surface area (Å²) in [5.41, 5.74) is 1.90. The molecule has 2 aromatic carbocycles. The minimum Gasteiger partial charge on any atom is -0.490 e. The molecule has 2 aromatic rings. The lowest BCUT2D eigenvalue weighted by Gasteiger charge is -2.22. The number of fused-ring (bicyclic) bond motifs is 1. The van der Waals surface area contributed by atoms with Crippen LogP contribution >= 0.6 is 11.6 Å². The highest BCUT2D eigenvalue weighted by Gasteiger charge is 2.26. The number of hydrogen-bond donors (Lipinski definition) is 2. The topological polar surface area (TPSA) is 76.7 Å². The van der Waals surface area contributed by atoms with Crippen LogP contribution in [-0.2, 0) is 4.79 Å². The van der Waals surface area contributed by atoms with Crippen molar-refractivity contribution in [3.63, 3.8) is 0 Å². The van der Waals surface area contributed by atoms with Gasteiger partial charge in [0, 0.05) is 24.1 Å². The molecule has 0 aromatic heterocycles. The third kappa shape index (κ3) is 5.21. The SMILES string of the molecule is Cc1cccc(C(=O)NC(C(=O)Nc2cc3c(cc2Cl)OCCCO3)C(C)C)c1. The Hall–Kier alpha value is -2.73. The Balaban J connectivity index is 1.76. The highest BCUT2D eigenvalue weighted by atomic mass is 35.5. The van der Waals surface area contributed by atoms with Gasteiger partial charge in [-0.05, 0) is 25.0 Å². The zero-order valence-corrected chi connectivity index (χ0v) is 17.5. The zero-order chi connectivity index (χ0) is 21.0. The van der Waals surface area contributed by atoms with Gasteiger partial charge in [-0.15, -0.1) is 0 Å². The summed E-state index contributed by atoms with van der Waals surface area (Å²) in [5, 5.41) is 5.97. The molecule has 1 unspecified atom stereocenters. The first-order chi connectivity index (χ1) is 13.8. The molecule has 0 saturated carbocycles. The molecule has 6 nitrogen and oxygen atoms in total. The molecule has 2 N–H and O–H groups in total. The summed E-state index contributed by atoms with van der Waals surface area (Å²) in [7, 11) is 0. The Morgan fingerprint density at radius 1 is 1.07 bits per heavy atom. The van der Waals surface area contributed by atoms with E-state index in [9.17, 15) is 9.59 Å². The maximum absolute atomic E-state index is 12.9. The number of rotatable bonds is 5. The quantitative estimate of drug-likeness (QED) is 0.765. The summed E-state index contributed by atoms with van der Waals surface area (Å²) in [6.07, 6.45) is 0.772. The highest BCUT2D eigenvalue weighted by molar-refractivity contribution is 6.34. The number of ether oxygens (including phenoxy) is 2. The van der Waals surface area contributed by atoms with Gasteiger partial charge in [-0.25, -0.2) is 0 Å². The van der Waals surface area contributed by atoms with Crippen LogP contribution in [-0.4, -0.2) is 31.1 Å². The van der Waals surface area contributed by atoms with Crippen LogP contribution in [0.15, 0.2) is 36.4 Å². The Labute approximate surface area is 175 Å². The Bertz CT molecular complexity index is 914. The second-order valence-electron chi connectivity index (χ2n) is 7.38. The zero-order valence-electron chi connectivity index (χ0n) is 16.8. The summed E-state index contributed by atoms with van der Waals surface area (Å²) in [5.74, 6) is 0.318. The van der Waals surface area contributed by atoms with E-state index >= 15 is 0 Å². The average molecular weight is 417 g/mol. The molecule has 0 aliphatic carbocycles. The van der Waals surface area contributed by atoms with Crippen molar-refractivity contribution in [2.75, 3.05) is 18.5 Å². The van der Waals surface area contributed by atoms with Crippen molar-refractivity contribution < 1.29 is 19.1 Å². The number of halogens is 1. The van der Waals surface area contributed by atoms with Gasteiger partial charge in [0.15, 0.2) is 11.5 Å². The highest BCUT2D eigenvalue weighted by Crippen LogP contribution is 2.37. The van der Waals surface area contributed by atoms with Crippen LogP contribution in [0.3, 0.4) is 0 Å². The van der Waals surface area contributed by atoms with Crippen LogP contribution in [0, 0.1) is 12.8 Å². The van der Waals surface area contributed by atoms with E-state index < -0.39 is 6.04 Å². The molecular weight excluding hydrogens is 392 g/mol. The van der Waals surface area contributed by atoms with Gasteiger partial charge in [-0.1, -0.05) is 43.1 Å². The molecule has 0 radical (unpaired) electrons. The van der Waals surface area contributed by atoms with E-state index in [1.807, 2.05) is 32.9 Å². The predicted molar refractivity (Wildman–Crippen MR) is 113 cm³/mol. The number of benzene rings is 2. The second kappa shape index (κ2) is 9.18. The fourth-order valence-corrected chi connectivity index (χ4v) is 3.24.